The van der Waals surface area contributed by atoms with Crippen molar-refractivity contribution in [2.75, 3.05) is 26.8 Å². The second-order valence-electron chi connectivity index (χ2n) is 4.97. The number of benzene rings is 1. The molecule has 1 fully saturated rings. The van der Waals surface area contributed by atoms with Crippen LogP contribution < -0.4 is 14.8 Å². The summed E-state index contributed by atoms with van der Waals surface area (Å²) in [5, 5.41) is 13.4. The summed E-state index contributed by atoms with van der Waals surface area (Å²) in [6, 6.07) is 7.55. The summed E-state index contributed by atoms with van der Waals surface area (Å²) in [7, 11) is 1.64. The van der Waals surface area contributed by atoms with Crippen molar-refractivity contribution in [1.82, 2.24) is 5.32 Å². The molecule has 1 atom stereocenters. The van der Waals surface area contributed by atoms with Crippen LogP contribution in [0.5, 0.6) is 11.5 Å². The highest BCUT2D eigenvalue weighted by Crippen LogP contribution is 2.21. The van der Waals surface area contributed by atoms with Gasteiger partial charge in [-0.1, -0.05) is 6.07 Å². The van der Waals surface area contributed by atoms with Gasteiger partial charge in [0.1, 0.15) is 11.5 Å². The van der Waals surface area contributed by atoms with Crippen molar-refractivity contribution in [3.05, 3.63) is 24.3 Å². The Morgan fingerprint density at radius 3 is 2.79 bits per heavy atom. The highest BCUT2D eigenvalue weighted by atomic mass is 16.5. The van der Waals surface area contributed by atoms with Gasteiger partial charge in [0.15, 0.2) is 0 Å². The van der Waals surface area contributed by atoms with Gasteiger partial charge < -0.3 is 19.9 Å². The average molecular weight is 265 g/mol. The Morgan fingerprint density at radius 1 is 1.32 bits per heavy atom. The Morgan fingerprint density at radius 2 is 2.05 bits per heavy atom. The molecule has 2 N–H and O–H groups in total. The summed E-state index contributed by atoms with van der Waals surface area (Å²) in [6.45, 7) is 2.56. The van der Waals surface area contributed by atoms with Crippen LogP contribution in [0.4, 0.5) is 0 Å². The largest absolute Gasteiger partial charge is 0.497 e. The van der Waals surface area contributed by atoms with E-state index in [-0.39, 0.29) is 6.10 Å². The summed E-state index contributed by atoms with van der Waals surface area (Å²) >= 11 is 0. The first kappa shape index (κ1) is 14.2. The van der Waals surface area contributed by atoms with Crippen LogP contribution in [0.25, 0.3) is 0 Å². The minimum absolute atomic E-state index is 0.257. The molecule has 0 amide bonds. The van der Waals surface area contributed by atoms with Crippen LogP contribution in [-0.2, 0) is 0 Å². The smallest absolute Gasteiger partial charge is 0.122 e. The summed E-state index contributed by atoms with van der Waals surface area (Å²) in [5.41, 5.74) is 0. The molecule has 4 heteroatoms. The van der Waals surface area contributed by atoms with Gasteiger partial charge in [-0.05, 0) is 44.0 Å². The number of rotatable bonds is 6. The third-order valence-corrected chi connectivity index (χ3v) is 3.65. The first-order valence-electron chi connectivity index (χ1n) is 6.95. The zero-order chi connectivity index (χ0) is 13.5. The van der Waals surface area contributed by atoms with Crippen molar-refractivity contribution in [1.29, 1.82) is 0 Å². The number of hydrogen-bond acceptors (Lipinski definition) is 4. The highest BCUT2D eigenvalue weighted by Gasteiger charge is 2.21. The molecule has 2 rings (SSSR count). The van der Waals surface area contributed by atoms with Crippen LogP contribution in [-0.4, -0.2) is 38.0 Å². The maximum Gasteiger partial charge on any atom is 0.122 e. The predicted molar refractivity (Wildman–Crippen MR) is 74.7 cm³/mol. The number of nitrogens with one attached hydrogen (secondary N) is 1. The van der Waals surface area contributed by atoms with Gasteiger partial charge in [-0.25, -0.2) is 0 Å². The molecule has 1 aliphatic rings. The van der Waals surface area contributed by atoms with E-state index in [0.717, 1.165) is 37.4 Å². The fourth-order valence-corrected chi connectivity index (χ4v) is 2.45. The summed E-state index contributed by atoms with van der Waals surface area (Å²) < 4.78 is 10.8. The van der Waals surface area contributed by atoms with Gasteiger partial charge in [0, 0.05) is 12.5 Å². The fraction of sp³-hybridized carbons (Fsp3) is 0.600. The highest BCUT2D eigenvalue weighted by molar-refractivity contribution is 5.32. The fourth-order valence-electron chi connectivity index (χ4n) is 2.45. The second-order valence-corrected chi connectivity index (χ2v) is 4.97. The lowest BCUT2D eigenvalue weighted by Gasteiger charge is -2.27. The lowest BCUT2D eigenvalue weighted by molar-refractivity contribution is 0.0674. The third-order valence-electron chi connectivity index (χ3n) is 3.65. The van der Waals surface area contributed by atoms with E-state index < -0.39 is 0 Å². The zero-order valence-electron chi connectivity index (χ0n) is 11.5. The van der Waals surface area contributed by atoms with Crippen LogP contribution in [0.2, 0.25) is 0 Å². The van der Waals surface area contributed by atoms with Crippen molar-refractivity contribution < 1.29 is 14.6 Å². The van der Waals surface area contributed by atoms with E-state index in [2.05, 4.69) is 5.32 Å². The van der Waals surface area contributed by atoms with E-state index in [1.54, 1.807) is 7.11 Å². The Balaban J connectivity index is 1.72. The summed E-state index contributed by atoms with van der Waals surface area (Å²) in [5.74, 6) is 1.99. The standard InChI is InChI=1S/C15H23NO3/c1-18-13-3-2-4-14(11-13)19-10-7-15(17)12-5-8-16-9-6-12/h2-4,11-12,15-17H,5-10H2,1H3. The Kier molecular flexibility index (Phi) is 5.48. The van der Waals surface area contributed by atoms with Crippen LogP contribution in [0.3, 0.4) is 0 Å². The molecule has 0 saturated carbocycles. The second kappa shape index (κ2) is 7.36. The SMILES string of the molecule is COc1cccc(OCCC(O)C2CCNCC2)c1. The molecule has 0 aromatic heterocycles. The molecule has 1 unspecified atom stereocenters. The molecule has 0 bridgehead atoms. The minimum Gasteiger partial charge on any atom is -0.497 e. The van der Waals surface area contributed by atoms with Gasteiger partial charge >= 0.3 is 0 Å². The van der Waals surface area contributed by atoms with E-state index >= 15 is 0 Å². The first-order valence-corrected chi connectivity index (χ1v) is 6.95. The molecule has 0 spiro atoms. The van der Waals surface area contributed by atoms with Crippen LogP contribution in [0.1, 0.15) is 19.3 Å². The molecule has 106 valence electrons. The molecular weight excluding hydrogens is 242 g/mol. The number of aliphatic hydroxyl groups is 1. The topological polar surface area (TPSA) is 50.7 Å². The molecule has 1 heterocycles. The quantitative estimate of drug-likeness (QED) is 0.824. The summed E-state index contributed by atoms with van der Waals surface area (Å²) in [6.07, 6.45) is 2.54. The van der Waals surface area contributed by atoms with Crippen molar-refractivity contribution in [3.8, 4) is 11.5 Å². The monoisotopic (exact) mass is 265 g/mol. The maximum absolute atomic E-state index is 10.1. The zero-order valence-corrected chi connectivity index (χ0v) is 11.5. The van der Waals surface area contributed by atoms with E-state index in [1.165, 1.54) is 0 Å². The van der Waals surface area contributed by atoms with Gasteiger partial charge in [0.05, 0.1) is 19.8 Å². The van der Waals surface area contributed by atoms with Gasteiger partial charge in [-0.3, -0.25) is 0 Å². The van der Waals surface area contributed by atoms with Gasteiger partial charge in [-0.15, -0.1) is 0 Å². The maximum atomic E-state index is 10.1. The van der Waals surface area contributed by atoms with Gasteiger partial charge in [0.2, 0.25) is 0 Å². The van der Waals surface area contributed by atoms with Gasteiger partial charge in [0.25, 0.3) is 0 Å². The number of ether oxygens (including phenoxy) is 2. The molecule has 0 aliphatic carbocycles. The predicted octanol–water partition coefficient (Wildman–Crippen LogP) is 1.82. The van der Waals surface area contributed by atoms with E-state index in [9.17, 15) is 5.11 Å². The minimum atomic E-state index is -0.257. The molecule has 0 radical (unpaired) electrons. The number of methoxy groups -OCH3 is 1. The van der Waals surface area contributed by atoms with Crippen LogP contribution in [0.15, 0.2) is 24.3 Å². The number of aliphatic hydroxyl groups excluding tert-OH is 1. The molecule has 19 heavy (non-hydrogen) atoms. The van der Waals surface area contributed by atoms with Crippen molar-refractivity contribution in [3.63, 3.8) is 0 Å². The molecule has 1 aromatic carbocycles. The average Bonchev–Trinajstić information content (AvgIpc) is 2.48. The van der Waals surface area contributed by atoms with Crippen molar-refractivity contribution in [2.45, 2.75) is 25.4 Å². The summed E-state index contributed by atoms with van der Waals surface area (Å²) in [4.78, 5) is 0. The lowest BCUT2D eigenvalue weighted by Crippen LogP contribution is -2.34. The van der Waals surface area contributed by atoms with Gasteiger partial charge in [-0.2, -0.15) is 0 Å². The molecular formula is C15H23NO3. The van der Waals surface area contributed by atoms with Crippen LogP contribution in [0, 0.1) is 5.92 Å². The normalized spacial score (nSPS) is 18.0. The van der Waals surface area contributed by atoms with E-state index in [0.29, 0.717) is 18.9 Å². The molecule has 4 nitrogen and oxygen atoms in total. The molecule has 1 aromatic rings. The Bertz CT molecular complexity index is 377. The Labute approximate surface area is 114 Å². The first-order chi connectivity index (χ1) is 9.29. The molecule has 1 aliphatic heterocycles. The molecule has 1 saturated heterocycles. The number of piperidine rings is 1. The van der Waals surface area contributed by atoms with E-state index in [1.807, 2.05) is 24.3 Å². The van der Waals surface area contributed by atoms with E-state index in [4.69, 9.17) is 9.47 Å². The Hall–Kier alpha value is -1.26. The van der Waals surface area contributed by atoms with Crippen molar-refractivity contribution in [2.24, 2.45) is 5.92 Å². The van der Waals surface area contributed by atoms with Crippen LogP contribution >= 0.6 is 0 Å². The number of hydrogen-bond donors (Lipinski definition) is 2. The lowest BCUT2D eigenvalue weighted by atomic mass is 9.91. The van der Waals surface area contributed by atoms with Crippen molar-refractivity contribution >= 4 is 0 Å². The third kappa shape index (κ3) is 4.40.